The molecule has 7 heteroatoms. The van der Waals surface area contributed by atoms with E-state index in [4.69, 9.17) is 0 Å². The van der Waals surface area contributed by atoms with Crippen LogP contribution in [-0.4, -0.2) is 47.9 Å². The van der Waals surface area contributed by atoms with Gasteiger partial charge in [0.1, 0.15) is 11.3 Å². The van der Waals surface area contributed by atoms with Gasteiger partial charge in [-0.2, -0.15) is 11.8 Å². The number of hydrogen-bond donors (Lipinski definition) is 1. The van der Waals surface area contributed by atoms with Gasteiger partial charge in [0.05, 0.1) is 4.92 Å². The number of thioether (sulfide) groups is 1. The Bertz CT molecular complexity index is 522. The van der Waals surface area contributed by atoms with E-state index in [9.17, 15) is 14.9 Å². The number of nitrogens with zero attached hydrogens (tertiary/aromatic N) is 2. The predicted molar refractivity (Wildman–Crippen MR) is 87.2 cm³/mol. The highest BCUT2D eigenvalue weighted by Crippen LogP contribution is 2.29. The molecule has 1 unspecified atom stereocenters. The molecule has 0 aliphatic heterocycles. The predicted octanol–water partition coefficient (Wildman–Crippen LogP) is 2.85. The number of nitro benzene ring substituents is 1. The van der Waals surface area contributed by atoms with Crippen LogP contribution in [-0.2, 0) is 0 Å². The first-order chi connectivity index (χ1) is 9.93. The van der Waals surface area contributed by atoms with Crippen molar-refractivity contribution in [2.45, 2.75) is 19.4 Å². The van der Waals surface area contributed by atoms with Gasteiger partial charge in [0.15, 0.2) is 0 Å². The Labute approximate surface area is 129 Å². The van der Waals surface area contributed by atoms with Gasteiger partial charge in [0, 0.05) is 20.1 Å². The van der Waals surface area contributed by atoms with Gasteiger partial charge in [0.25, 0.3) is 5.91 Å². The summed E-state index contributed by atoms with van der Waals surface area (Å²) in [6, 6.07) is 4.76. The molecule has 0 aliphatic rings. The number of nitrogens with one attached hydrogen (secondary N) is 1. The van der Waals surface area contributed by atoms with Crippen molar-refractivity contribution >= 4 is 29.0 Å². The second kappa shape index (κ2) is 7.87. The van der Waals surface area contributed by atoms with Crippen LogP contribution in [0.1, 0.15) is 23.7 Å². The normalized spacial score (nSPS) is 11.8. The minimum Gasteiger partial charge on any atom is -0.383 e. The molecule has 0 saturated carbocycles. The Kier molecular flexibility index (Phi) is 6.48. The summed E-state index contributed by atoms with van der Waals surface area (Å²) in [6.07, 6.45) is 2.86. The standard InChI is InChI=1S/C14H21N3O3S/c1-10(8-9-21-4)16(3)14(18)11-6-5-7-12(15-2)13(11)17(19)20/h5-7,10,15H,8-9H2,1-4H3. The summed E-state index contributed by atoms with van der Waals surface area (Å²) in [5, 5.41) is 14.0. The number of rotatable bonds is 7. The number of amides is 1. The number of benzene rings is 1. The highest BCUT2D eigenvalue weighted by atomic mass is 32.2. The third kappa shape index (κ3) is 4.10. The van der Waals surface area contributed by atoms with Gasteiger partial charge < -0.3 is 10.2 Å². The Balaban J connectivity index is 3.09. The quantitative estimate of drug-likeness (QED) is 0.619. The van der Waals surface area contributed by atoms with E-state index in [1.807, 2.05) is 13.2 Å². The Morgan fingerprint density at radius 1 is 1.52 bits per heavy atom. The van der Waals surface area contributed by atoms with Crippen molar-refractivity contribution < 1.29 is 9.72 Å². The summed E-state index contributed by atoms with van der Waals surface area (Å²) in [4.78, 5) is 24.8. The highest BCUT2D eigenvalue weighted by molar-refractivity contribution is 7.98. The van der Waals surface area contributed by atoms with Gasteiger partial charge in [-0.3, -0.25) is 14.9 Å². The van der Waals surface area contributed by atoms with E-state index in [1.165, 1.54) is 6.07 Å². The number of para-hydroxylation sites is 1. The van der Waals surface area contributed by atoms with Crippen LogP contribution >= 0.6 is 11.8 Å². The largest absolute Gasteiger partial charge is 0.383 e. The molecular weight excluding hydrogens is 290 g/mol. The van der Waals surface area contributed by atoms with E-state index < -0.39 is 4.92 Å². The van der Waals surface area contributed by atoms with E-state index in [2.05, 4.69) is 5.32 Å². The summed E-state index contributed by atoms with van der Waals surface area (Å²) < 4.78 is 0. The molecule has 6 nitrogen and oxygen atoms in total. The molecule has 1 amide bonds. The fourth-order valence-corrected chi connectivity index (χ4v) is 2.56. The molecule has 0 bridgehead atoms. The Morgan fingerprint density at radius 2 is 2.19 bits per heavy atom. The third-order valence-electron chi connectivity index (χ3n) is 3.44. The maximum absolute atomic E-state index is 12.5. The van der Waals surface area contributed by atoms with Crippen molar-refractivity contribution in [1.29, 1.82) is 0 Å². The lowest BCUT2D eigenvalue weighted by Gasteiger charge is -2.25. The van der Waals surface area contributed by atoms with Crippen molar-refractivity contribution in [1.82, 2.24) is 4.90 Å². The van der Waals surface area contributed by atoms with E-state index >= 15 is 0 Å². The first-order valence-electron chi connectivity index (χ1n) is 6.65. The molecule has 116 valence electrons. The lowest BCUT2D eigenvalue weighted by atomic mass is 10.1. The van der Waals surface area contributed by atoms with Crippen LogP contribution in [0, 0.1) is 10.1 Å². The number of nitro groups is 1. The van der Waals surface area contributed by atoms with Crippen LogP contribution in [0.4, 0.5) is 11.4 Å². The van der Waals surface area contributed by atoms with Crippen LogP contribution in [0.15, 0.2) is 18.2 Å². The second-order valence-electron chi connectivity index (χ2n) is 4.76. The van der Waals surface area contributed by atoms with Crippen molar-refractivity contribution in [2.24, 2.45) is 0 Å². The van der Waals surface area contributed by atoms with Crippen molar-refractivity contribution in [3.8, 4) is 0 Å². The van der Waals surface area contributed by atoms with Gasteiger partial charge in [0.2, 0.25) is 0 Å². The fraction of sp³-hybridized carbons (Fsp3) is 0.500. The summed E-state index contributed by atoms with van der Waals surface area (Å²) in [5.41, 5.74) is 0.287. The maximum atomic E-state index is 12.5. The van der Waals surface area contributed by atoms with Gasteiger partial charge in [-0.25, -0.2) is 0 Å². The minimum absolute atomic E-state index is 0.0304. The van der Waals surface area contributed by atoms with E-state index in [-0.39, 0.29) is 23.2 Å². The Morgan fingerprint density at radius 3 is 2.71 bits per heavy atom. The van der Waals surface area contributed by atoms with Crippen molar-refractivity contribution in [2.75, 3.05) is 31.4 Å². The smallest absolute Gasteiger partial charge is 0.305 e. The van der Waals surface area contributed by atoms with Crippen LogP contribution < -0.4 is 5.32 Å². The molecule has 1 aromatic rings. The topological polar surface area (TPSA) is 75.5 Å². The SMILES string of the molecule is CNc1cccc(C(=O)N(C)C(C)CCSC)c1[N+](=O)[O-]. The summed E-state index contributed by atoms with van der Waals surface area (Å²) >= 11 is 1.71. The van der Waals surface area contributed by atoms with Gasteiger partial charge in [-0.1, -0.05) is 6.07 Å². The molecule has 1 aromatic carbocycles. The molecule has 0 spiro atoms. The summed E-state index contributed by atoms with van der Waals surface area (Å²) in [5.74, 6) is 0.615. The third-order valence-corrected chi connectivity index (χ3v) is 4.08. The zero-order valence-corrected chi connectivity index (χ0v) is 13.6. The molecule has 0 aliphatic carbocycles. The van der Waals surface area contributed by atoms with Crippen molar-refractivity contribution in [3.63, 3.8) is 0 Å². The Hall–Kier alpha value is -1.76. The average molecular weight is 311 g/mol. The lowest BCUT2D eigenvalue weighted by molar-refractivity contribution is -0.384. The van der Waals surface area contributed by atoms with E-state index in [1.54, 1.807) is 42.9 Å². The molecule has 0 heterocycles. The van der Waals surface area contributed by atoms with Gasteiger partial charge >= 0.3 is 5.69 Å². The molecule has 0 aromatic heterocycles. The number of carbonyl (C=O) groups is 1. The molecule has 0 radical (unpaired) electrons. The maximum Gasteiger partial charge on any atom is 0.305 e. The summed E-state index contributed by atoms with van der Waals surface area (Å²) in [7, 11) is 3.28. The fourth-order valence-electron chi connectivity index (χ4n) is 1.99. The van der Waals surface area contributed by atoms with Crippen molar-refractivity contribution in [3.05, 3.63) is 33.9 Å². The van der Waals surface area contributed by atoms with Gasteiger partial charge in [-0.05, 0) is 37.5 Å². The van der Waals surface area contributed by atoms with Crippen LogP contribution in [0.3, 0.4) is 0 Å². The lowest BCUT2D eigenvalue weighted by Crippen LogP contribution is -2.35. The molecule has 0 fully saturated rings. The molecule has 1 N–H and O–H groups in total. The summed E-state index contributed by atoms with van der Waals surface area (Å²) in [6.45, 7) is 1.95. The molecular formula is C14H21N3O3S. The van der Waals surface area contributed by atoms with Gasteiger partial charge in [-0.15, -0.1) is 0 Å². The number of anilines is 1. The minimum atomic E-state index is -0.514. The molecule has 0 saturated heterocycles. The molecule has 21 heavy (non-hydrogen) atoms. The first-order valence-corrected chi connectivity index (χ1v) is 8.04. The second-order valence-corrected chi connectivity index (χ2v) is 5.74. The monoisotopic (exact) mass is 311 g/mol. The van der Waals surface area contributed by atoms with E-state index in [0.717, 1.165) is 12.2 Å². The molecule has 1 atom stereocenters. The number of hydrogen-bond acceptors (Lipinski definition) is 5. The van der Waals surface area contributed by atoms with Crippen LogP contribution in [0.25, 0.3) is 0 Å². The van der Waals surface area contributed by atoms with E-state index in [0.29, 0.717) is 5.69 Å². The highest BCUT2D eigenvalue weighted by Gasteiger charge is 2.27. The van der Waals surface area contributed by atoms with Crippen LogP contribution in [0.2, 0.25) is 0 Å². The molecule has 1 rings (SSSR count). The van der Waals surface area contributed by atoms with Crippen LogP contribution in [0.5, 0.6) is 0 Å². The average Bonchev–Trinajstić information content (AvgIpc) is 2.49. The first kappa shape index (κ1) is 17.3. The zero-order chi connectivity index (χ0) is 16.0. The number of carbonyl (C=O) groups excluding carboxylic acids is 1. The zero-order valence-electron chi connectivity index (χ0n) is 12.8.